The summed E-state index contributed by atoms with van der Waals surface area (Å²) < 4.78 is 12.2. The van der Waals surface area contributed by atoms with Crippen molar-refractivity contribution in [1.82, 2.24) is 28.2 Å². The van der Waals surface area contributed by atoms with Crippen LogP contribution in [-0.2, 0) is 0 Å². The molecule has 0 saturated heterocycles. The van der Waals surface area contributed by atoms with Gasteiger partial charge in [-0.25, -0.2) is 9.97 Å². The fourth-order valence-electron chi connectivity index (χ4n) is 13.3. The van der Waals surface area contributed by atoms with Crippen LogP contribution in [-0.4, -0.2) is 28.2 Å². The minimum Gasteiger partial charge on any atom is -0.309 e. The fourth-order valence-corrected chi connectivity index (χ4v) is 15.2. The molecule has 0 aliphatic heterocycles. The van der Waals surface area contributed by atoms with E-state index in [1.807, 2.05) is 0 Å². The van der Waals surface area contributed by atoms with Crippen LogP contribution in [0, 0.1) is 0 Å². The lowest BCUT2D eigenvalue weighted by atomic mass is 9.94. The van der Waals surface area contributed by atoms with Gasteiger partial charge in [0.25, 0.3) is 0 Å². The van der Waals surface area contributed by atoms with Crippen LogP contribution in [0.3, 0.4) is 0 Å². The van der Waals surface area contributed by atoms with E-state index >= 15 is 0 Å². The van der Waals surface area contributed by atoms with E-state index in [1.165, 1.54) is 103 Å². The standard InChI is InChI=1S/C70H40N6S2/c1-3-18-42(19-4-1)73-56-30-13-9-22-46(56)50-35-36-52-62-47-27-17-26-44(45(47)37-39-59(62)76(67(52)66(50)73)70-72-55-29-12-16-33-61(55)78-70)41-34-38-58-53(40-41)63-48-23-7-8-24-49(48)65-64(68(63)74(58)43-20-5-2-6-21-43)51-25-10-14-31-57(51)75(65)69-71-54-28-11-15-32-60(54)77-69/h1-40H. The molecule has 8 heteroatoms. The first kappa shape index (κ1) is 42.4. The van der Waals surface area contributed by atoms with E-state index < -0.39 is 0 Å². The van der Waals surface area contributed by atoms with Crippen LogP contribution in [0.25, 0.3) is 162 Å². The first-order valence-electron chi connectivity index (χ1n) is 26.4. The molecule has 78 heavy (non-hydrogen) atoms. The van der Waals surface area contributed by atoms with E-state index in [-0.39, 0.29) is 0 Å². The zero-order valence-corrected chi connectivity index (χ0v) is 43.2. The quantitative estimate of drug-likeness (QED) is 0.172. The molecule has 6 nitrogen and oxygen atoms in total. The number of para-hydroxylation sites is 6. The number of fused-ring (bicyclic) bond motifs is 21. The second-order valence-electron chi connectivity index (χ2n) is 20.4. The highest BCUT2D eigenvalue weighted by Gasteiger charge is 2.28. The van der Waals surface area contributed by atoms with Gasteiger partial charge in [-0.3, -0.25) is 9.13 Å². The number of hydrogen-bond donors (Lipinski definition) is 0. The third-order valence-electron chi connectivity index (χ3n) is 16.4. The fraction of sp³-hybridized carbons (Fsp3) is 0. The first-order chi connectivity index (χ1) is 38.7. The lowest BCUT2D eigenvalue weighted by Gasteiger charge is -2.12. The maximum Gasteiger partial charge on any atom is 0.195 e. The van der Waals surface area contributed by atoms with Crippen LogP contribution >= 0.6 is 22.7 Å². The molecule has 18 aromatic rings. The maximum absolute atomic E-state index is 5.39. The van der Waals surface area contributed by atoms with Crippen molar-refractivity contribution >= 4 is 152 Å². The maximum atomic E-state index is 5.39. The molecular weight excluding hydrogens is 989 g/mol. The smallest absolute Gasteiger partial charge is 0.195 e. The van der Waals surface area contributed by atoms with Crippen molar-refractivity contribution in [3.05, 3.63) is 243 Å². The predicted octanol–water partition coefficient (Wildman–Crippen LogP) is 19.3. The topological polar surface area (TPSA) is 45.5 Å². The van der Waals surface area contributed by atoms with Gasteiger partial charge in [-0.15, -0.1) is 0 Å². The van der Waals surface area contributed by atoms with E-state index in [0.29, 0.717) is 0 Å². The van der Waals surface area contributed by atoms with Crippen molar-refractivity contribution in [3.63, 3.8) is 0 Å². The summed E-state index contributed by atoms with van der Waals surface area (Å²) in [4.78, 5) is 10.7. The molecule has 6 heterocycles. The highest BCUT2D eigenvalue weighted by Crippen LogP contribution is 2.50. The lowest BCUT2D eigenvalue weighted by molar-refractivity contribution is 1.13. The number of benzene rings is 12. The summed E-state index contributed by atoms with van der Waals surface area (Å²) in [6.45, 7) is 0. The molecule has 362 valence electrons. The Hall–Kier alpha value is -9.86. The molecule has 0 aliphatic carbocycles. The van der Waals surface area contributed by atoms with Crippen molar-refractivity contribution in [2.75, 3.05) is 0 Å². The summed E-state index contributed by atoms with van der Waals surface area (Å²) in [5, 5.41) is 16.5. The molecule has 0 amide bonds. The van der Waals surface area contributed by atoms with E-state index in [2.05, 4.69) is 261 Å². The van der Waals surface area contributed by atoms with Gasteiger partial charge in [0.05, 0.1) is 64.6 Å². The lowest BCUT2D eigenvalue weighted by Crippen LogP contribution is -1.98. The number of hydrogen-bond acceptors (Lipinski definition) is 4. The van der Waals surface area contributed by atoms with Crippen molar-refractivity contribution in [1.29, 1.82) is 0 Å². The van der Waals surface area contributed by atoms with E-state index in [0.717, 1.165) is 59.4 Å². The molecule has 12 aromatic carbocycles. The molecule has 0 bridgehead atoms. The second-order valence-corrected chi connectivity index (χ2v) is 22.4. The minimum absolute atomic E-state index is 0.953. The van der Waals surface area contributed by atoms with Crippen molar-refractivity contribution in [2.24, 2.45) is 0 Å². The summed E-state index contributed by atoms with van der Waals surface area (Å²) in [7, 11) is 0. The highest BCUT2D eigenvalue weighted by molar-refractivity contribution is 7.21. The van der Waals surface area contributed by atoms with Gasteiger partial charge in [-0.05, 0) is 106 Å². The van der Waals surface area contributed by atoms with Crippen LogP contribution < -0.4 is 0 Å². The predicted molar refractivity (Wildman–Crippen MR) is 331 cm³/mol. The monoisotopic (exact) mass is 1030 g/mol. The third-order valence-corrected chi connectivity index (χ3v) is 18.4. The Kier molecular flexibility index (Phi) is 8.61. The summed E-state index contributed by atoms with van der Waals surface area (Å²) in [6.07, 6.45) is 0. The molecule has 0 fully saturated rings. The molecule has 0 saturated carbocycles. The van der Waals surface area contributed by atoms with E-state index in [1.54, 1.807) is 22.7 Å². The molecule has 0 N–H and O–H groups in total. The number of rotatable bonds is 5. The van der Waals surface area contributed by atoms with Crippen LogP contribution in [0.5, 0.6) is 0 Å². The van der Waals surface area contributed by atoms with Crippen molar-refractivity contribution in [2.45, 2.75) is 0 Å². The Bertz CT molecular complexity index is 5510. The minimum atomic E-state index is 0.953. The zero-order chi connectivity index (χ0) is 50.7. The molecular formula is C70H40N6S2. The van der Waals surface area contributed by atoms with Crippen LogP contribution in [0.1, 0.15) is 0 Å². The normalized spacial score (nSPS) is 12.4. The number of nitrogens with zero attached hydrogens (tertiary/aromatic N) is 6. The van der Waals surface area contributed by atoms with Gasteiger partial charge in [-0.1, -0.05) is 186 Å². The first-order valence-corrected chi connectivity index (χ1v) is 28.0. The molecule has 0 unspecified atom stereocenters. The molecule has 18 rings (SSSR count). The summed E-state index contributed by atoms with van der Waals surface area (Å²) in [5.74, 6) is 0. The molecule has 0 radical (unpaired) electrons. The highest BCUT2D eigenvalue weighted by atomic mass is 32.1. The van der Waals surface area contributed by atoms with Gasteiger partial charge in [-0.2, -0.15) is 0 Å². The number of thiazole rings is 2. The summed E-state index contributed by atoms with van der Waals surface area (Å²) >= 11 is 3.50. The summed E-state index contributed by atoms with van der Waals surface area (Å²) in [6, 6.07) is 88.9. The Morgan fingerprint density at radius 3 is 1.46 bits per heavy atom. The van der Waals surface area contributed by atoms with Crippen LogP contribution in [0.4, 0.5) is 0 Å². The average molecular weight is 1030 g/mol. The Morgan fingerprint density at radius 1 is 0.269 bits per heavy atom. The van der Waals surface area contributed by atoms with Crippen molar-refractivity contribution < 1.29 is 0 Å². The van der Waals surface area contributed by atoms with Gasteiger partial charge in [0.1, 0.15) is 0 Å². The van der Waals surface area contributed by atoms with Gasteiger partial charge >= 0.3 is 0 Å². The van der Waals surface area contributed by atoms with Gasteiger partial charge in [0.2, 0.25) is 0 Å². The number of aromatic nitrogens is 6. The van der Waals surface area contributed by atoms with E-state index in [9.17, 15) is 0 Å². The molecule has 0 aliphatic rings. The molecule has 0 spiro atoms. The SMILES string of the molecule is c1ccc(-n2c3ccc(-c4cccc5c4ccc4c5c5ccc6c7ccccc7n(-c7ccccc7)c6c5n4-c4nc5ccccc5s4)cc3c3c4ccccc4c4c(c5ccccc5n4-c4nc5ccccc5s4)c32)cc1. The average Bonchev–Trinajstić information content (AvgIpc) is 4.55. The second kappa shape index (κ2) is 15.8. The Labute approximate surface area is 452 Å². The van der Waals surface area contributed by atoms with Crippen LogP contribution in [0.2, 0.25) is 0 Å². The van der Waals surface area contributed by atoms with Gasteiger partial charge in [0.15, 0.2) is 10.3 Å². The Balaban J connectivity index is 0.947. The zero-order valence-electron chi connectivity index (χ0n) is 41.6. The third kappa shape index (κ3) is 5.69. The van der Waals surface area contributed by atoms with Crippen LogP contribution in [0.15, 0.2) is 243 Å². The Morgan fingerprint density at radius 2 is 0.756 bits per heavy atom. The van der Waals surface area contributed by atoms with E-state index in [4.69, 9.17) is 9.97 Å². The van der Waals surface area contributed by atoms with Crippen molar-refractivity contribution in [3.8, 4) is 32.8 Å². The summed E-state index contributed by atoms with van der Waals surface area (Å²) in [5.41, 5.74) is 15.9. The van der Waals surface area contributed by atoms with Gasteiger partial charge < -0.3 is 9.13 Å². The largest absolute Gasteiger partial charge is 0.309 e. The molecule has 6 aromatic heterocycles. The molecule has 0 atom stereocenters. The van der Waals surface area contributed by atoms with Gasteiger partial charge in [0, 0.05) is 59.9 Å².